The molecular formula is C8H8BF3O3. The highest BCUT2D eigenvalue weighted by molar-refractivity contribution is 6.59. The molecule has 1 aromatic rings. The molecule has 0 radical (unpaired) electrons. The minimum absolute atomic E-state index is 0.179. The van der Waals surface area contributed by atoms with Crippen molar-refractivity contribution < 1.29 is 28.0 Å². The first-order chi connectivity index (χ1) is 6.81. The van der Waals surface area contributed by atoms with Crippen molar-refractivity contribution in [2.24, 2.45) is 0 Å². The Bertz CT molecular complexity index is 351. The van der Waals surface area contributed by atoms with Crippen LogP contribution in [0.1, 0.15) is 5.56 Å². The summed E-state index contributed by atoms with van der Waals surface area (Å²) in [5.41, 5.74) is -0.134. The molecule has 1 aromatic carbocycles. The van der Waals surface area contributed by atoms with Gasteiger partial charge in [0.15, 0.2) is 0 Å². The van der Waals surface area contributed by atoms with E-state index in [1.54, 1.807) is 0 Å². The Morgan fingerprint density at radius 1 is 1.27 bits per heavy atom. The predicted molar refractivity (Wildman–Crippen MR) is 47.7 cm³/mol. The van der Waals surface area contributed by atoms with Crippen LogP contribution < -0.4 is 10.2 Å². The Balaban J connectivity index is 3.14. The minimum Gasteiger partial charge on any atom is -0.423 e. The van der Waals surface area contributed by atoms with Gasteiger partial charge in [0.05, 0.1) is 0 Å². The number of para-hydroxylation sites is 1. The summed E-state index contributed by atoms with van der Waals surface area (Å²) in [6, 6.07) is 3.94. The topological polar surface area (TPSA) is 49.7 Å². The SMILES string of the molecule is Cc1cccc(B(O)O)c1OC(F)(F)F. The van der Waals surface area contributed by atoms with Gasteiger partial charge in [-0.25, -0.2) is 0 Å². The van der Waals surface area contributed by atoms with Crippen molar-refractivity contribution in [1.82, 2.24) is 0 Å². The summed E-state index contributed by atoms with van der Waals surface area (Å²) in [5.74, 6) is -0.569. The lowest BCUT2D eigenvalue weighted by Crippen LogP contribution is -2.34. The standard InChI is InChI=1S/C8H8BF3O3/c1-5-3-2-4-6(9(13)14)7(5)15-8(10,11)12/h2-4,13-14H,1H3. The van der Waals surface area contributed by atoms with Crippen molar-refractivity contribution in [2.45, 2.75) is 13.3 Å². The van der Waals surface area contributed by atoms with Gasteiger partial charge in [0.1, 0.15) is 5.75 Å². The molecule has 15 heavy (non-hydrogen) atoms. The van der Waals surface area contributed by atoms with Gasteiger partial charge in [-0.15, -0.1) is 13.2 Å². The van der Waals surface area contributed by atoms with E-state index in [1.807, 2.05) is 0 Å². The molecule has 2 N–H and O–H groups in total. The molecule has 7 heteroatoms. The third-order valence-electron chi connectivity index (χ3n) is 1.74. The van der Waals surface area contributed by atoms with E-state index in [2.05, 4.69) is 4.74 Å². The molecule has 0 atom stereocenters. The van der Waals surface area contributed by atoms with Crippen LogP contribution in [0.3, 0.4) is 0 Å². The molecule has 82 valence electrons. The molecule has 0 aliphatic rings. The summed E-state index contributed by atoms with van der Waals surface area (Å²) in [7, 11) is -2.00. The molecule has 0 fully saturated rings. The molecule has 0 aromatic heterocycles. The summed E-state index contributed by atoms with van der Waals surface area (Å²) in [5, 5.41) is 17.7. The lowest BCUT2D eigenvalue weighted by atomic mass is 9.78. The highest BCUT2D eigenvalue weighted by Crippen LogP contribution is 2.24. The third-order valence-corrected chi connectivity index (χ3v) is 1.74. The quantitative estimate of drug-likeness (QED) is 0.716. The van der Waals surface area contributed by atoms with Crippen LogP contribution in [0.15, 0.2) is 18.2 Å². The summed E-state index contributed by atoms with van der Waals surface area (Å²) in [6.45, 7) is 1.38. The molecule has 0 saturated carbocycles. The molecular weight excluding hydrogens is 212 g/mol. The number of benzene rings is 1. The van der Waals surface area contributed by atoms with E-state index in [-0.39, 0.29) is 11.0 Å². The first-order valence-electron chi connectivity index (χ1n) is 4.02. The van der Waals surface area contributed by atoms with Gasteiger partial charge in [-0.1, -0.05) is 18.2 Å². The molecule has 0 amide bonds. The van der Waals surface area contributed by atoms with Gasteiger partial charge in [0, 0.05) is 5.46 Å². The van der Waals surface area contributed by atoms with E-state index in [9.17, 15) is 13.2 Å². The number of rotatable bonds is 2. The lowest BCUT2D eigenvalue weighted by Gasteiger charge is -2.14. The van der Waals surface area contributed by atoms with Crippen LogP contribution in [0, 0.1) is 6.92 Å². The fourth-order valence-electron chi connectivity index (χ4n) is 1.13. The number of aryl methyl sites for hydroxylation is 1. The Kier molecular flexibility index (Phi) is 3.26. The van der Waals surface area contributed by atoms with E-state index in [1.165, 1.54) is 19.1 Å². The summed E-state index contributed by atoms with van der Waals surface area (Å²) in [4.78, 5) is 0. The van der Waals surface area contributed by atoms with Crippen molar-refractivity contribution in [3.8, 4) is 5.75 Å². The average molecular weight is 220 g/mol. The highest BCUT2D eigenvalue weighted by Gasteiger charge is 2.34. The molecule has 0 bridgehead atoms. The summed E-state index contributed by atoms with van der Waals surface area (Å²) < 4.78 is 39.6. The van der Waals surface area contributed by atoms with Gasteiger partial charge in [-0.3, -0.25) is 0 Å². The molecule has 0 spiro atoms. The van der Waals surface area contributed by atoms with Crippen molar-refractivity contribution in [2.75, 3.05) is 0 Å². The van der Waals surface area contributed by atoms with Crippen LogP contribution in [-0.4, -0.2) is 23.5 Å². The number of hydrogen-bond acceptors (Lipinski definition) is 3. The Labute approximate surface area is 84.3 Å². The van der Waals surface area contributed by atoms with Gasteiger partial charge in [-0.05, 0) is 12.5 Å². The van der Waals surface area contributed by atoms with E-state index in [0.29, 0.717) is 0 Å². The third kappa shape index (κ3) is 3.14. The number of alkyl halides is 3. The minimum atomic E-state index is -4.85. The van der Waals surface area contributed by atoms with E-state index < -0.39 is 19.2 Å². The van der Waals surface area contributed by atoms with Gasteiger partial charge in [0.25, 0.3) is 0 Å². The fourth-order valence-corrected chi connectivity index (χ4v) is 1.13. The first kappa shape index (κ1) is 11.9. The van der Waals surface area contributed by atoms with Gasteiger partial charge in [-0.2, -0.15) is 0 Å². The Morgan fingerprint density at radius 3 is 2.33 bits per heavy atom. The summed E-state index contributed by atoms with van der Waals surface area (Å²) in [6.07, 6.45) is -4.85. The Hall–Kier alpha value is -1.21. The zero-order chi connectivity index (χ0) is 11.6. The van der Waals surface area contributed by atoms with Crippen LogP contribution >= 0.6 is 0 Å². The van der Waals surface area contributed by atoms with Crippen molar-refractivity contribution in [3.05, 3.63) is 23.8 Å². The van der Waals surface area contributed by atoms with Crippen LogP contribution in [-0.2, 0) is 0 Å². The van der Waals surface area contributed by atoms with Gasteiger partial charge < -0.3 is 14.8 Å². The molecule has 0 aliphatic heterocycles. The van der Waals surface area contributed by atoms with Crippen LogP contribution in [0.4, 0.5) is 13.2 Å². The molecule has 0 heterocycles. The predicted octanol–water partition coefficient (Wildman–Crippen LogP) is 0.573. The maximum Gasteiger partial charge on any atom is 0.573 e. The van der Waals surface area contributed by atoms with Crippen molar-refractivity contribution in [3.63, 3.8) is 0 Å². The van der Waals surface area contributed by atoms with Crippen LogP contribution in [0.25, 0.3) is 0 Å². The summed E-state index contributed by atoms with van der Waals surface area (Å²) >= 11 is 0. The van der Waals surface area contributed by atoms with Crippen LogP contribution in [0.2, 0.25) is 0 Å². The Morgan fingerprint density at radius 2 is 1.87 bits per heavy atom. The average Bonchev–Trinajstić information content (AvgIpc) is 2.05. The second-order valence-corrected chi connectivity index (χ2v) is 2.91. The highest BCUT2D eigenvalue weighted by atomic mass is 19.4. The molecule has 1 rings (SSSR count). The second kappa shape index (κ2) is 4.12. The zero-order valence-electron chi connectivity index (χ0n) is 7.75. The fraction of sp³-hybridized carbons (Fsp3) is 0.250. The van der Waals surface area contributed by atoms with Crippen molar-refractivity contribution in [1.29, 1.82) is 0 Å². The van der Waals surface area contributed by atoms with E-state index in [0.717, 1.165) is 6.07 Å². The lowest BCUT2D eigenvalue weighted by molar-refractivity contribution is -0.274. The zero-order valence-corrected chi connectivity index (χ0v) is 7.75. The van der Waals surface area contributed by atoms with E-state index >= 15 is 0 Å². The molecule has 3 nitrogen and oxygen atoms in total. The van der Waals surface area contributed by atoms with E-state index in [4.69, 9.17) is 10.0 Å². The normalized spacial score (nSPS) is 11.3. The van der Waals surface area contributed by atoms with Crippen molar-refractivity contribution >= 4 is 12.6 Å². The molecule has 0 aliphatic carbocycles. The molecule has 0 unspecified atom stereocenters. The van der Waals surface area contributed by atoms with Crippen LogP contribution in [0.5, 0.6) is 5.75 Å². The smallest absolute Gasteiger partial charge is 0.423 e. The second-order valence-electron chi connectivity index (χ2n) is 2.91. The van der Waals surface area contributed by atoms with Gasteiger partial charge in [0.2, 0.25) is 0 Å². The largest absolute Gasteiger partial charge is 0.573 e. The maximum absolute atomic E-state index is 12.0. The van der Waals surface area contributed by atoms with Gasteiger partial charge >= 0.3 is 13.5 Å². The number of halogens is 3. The molecule has 0 saturated heterocycles. The number of hydrogen-bond donors (Lipinski definition) is 2. The first-order valence-corrected chi connectivity index (χ1v) is 4.02. The maximum atomic E-state index is 12.0. The monoisotopic (exact) mass is 220 g/mol. The number of ether oxygens (including phenoxy) is 1.